The van der Waals surface area contributed by atoms with Gasteiger partial charge in [0.2, 0.25) is 0 Å². The van der Waals surface area contributed by atoms with Gasteiger partial charge in [-0.15, -0.1) is 0 Å². The van der Waals surface area contributed by atoms with Crippen molar-refractivity contribution in [2.75, 3.05) is 26.4 Å². The van der Waals surface area contributed by atoms with Crippen molar-refractivity contribution in [1.29, 1.82) is 0 Å². The van der Waals surface area contributed by atoms with Crippen LogP contribution in [0.4, 0.5) is 0 Å². The van der Waals surface area contributed by atoms with Crippen molar-refractivity contribution < 1.29 is 24.4 Å². The molecule has 324 valence electrons. The van der Waals surface area contributed by atoms with E-state index in [9.17, 15) is 4.74 Å². The van der Waals surface area contributed by atoms with Crippen LogP contribution in [0.25, 0.3) is 0 Å². The molecule has 0 radical (unpaired) electrons. The summed E-state index contributed by atoms with van der Waals surface area (Å²) in [4.78, 5) is 0. The molecule has 14 atom stereocenters. The summed E-state index contributed by atoms with van der Waals surface area (Å²) in [6.45, 7) is 38.0. The van der Waals surface area contributed by atoms with Crippen molar-refractivity contribution in [2.24, 2.45) is 89.7 Å². The minimum atomic E-state index is -1.09. The molecular formula is C52H86O5. The van der Waals surface area contributed by atoms with E-state index in [1.54, 1.807) is 0 Å². The van der Waals surface area contributed by atoms with Crippen LogP contribution >= 0.6 is 0 Å². The minimum Gasteiger partial charge on any atom is -0.386 e. The molecule has 0 aromatic carbocycles. The summed E-state index contributed by atoms with van der Waals surface area (Å²) in [5.41, 5.74) is -5.33. The van der Waals surface area contributed by atoms with Crippen LogP contribution in [0.2, 0.25) is 0 Å². The molecule has 2 aliphatic heterocycles. The highest BCUT2D eigenvalue weighted by atomic mass is 16.6. The first-order valence-electron chi connectivity index (χ1n) is 24.6. The van der Waals surface area contributed by atoms with Gasteiger partial charge in [-0.25, -0.2) is 0 Å². The maximum Gasteiger partial charge on any atom is 0.112 e. The topological polar surface area (TPSA) is 68.2 Å². The molecule has 0 aromatic rings. The average molecular weight is 791 g/mol. The molecule has 8 bridgehead atoms. The van der Waals surface area contributed by atoms with Gasteiger partial charge in [0.25, 0.3) is 0 Å². The van der Waals surface area contributed by atoms with Gasteiger partial charge in [0.05, 0.1) is 26.4 Å². The smallest absolute Gasteiger partial charge is 0.112 e. The highest BCUT2D eigenvalue weighted by Crippen LogP contribution is 2.86. The molecule has 10 aliphatic rings. The zero-order valence-electron chi connectivity index (χ0n) is 39.3. The molecule has 0 amide bonds. The molecule has 2 saturated heterocycles. The molecule has 8 saturated carbocycles. The Hall–Kier alpha value is -0.200. The van der Waals surface area contributed by atoms with Gasteiger partial charge in [-0.2, -0.15) is 0 Å². The Kier molecular flexibility index (Phi) is 7.96. The Morgan fingerprint density at radius 3 is 1.02 bits per heavy atom. The number of hydrogen-bond donors (Lipinski definition) is 2. The molecule has 5 heteroatoms. The molecule has 0 spiro atoms. The first kappa shape index (κ1) is 40.8. The van der Waals surface area contributed by atoms with Crippen LogP contribution in [0.1, 0.15) is 187 Å². The highest BCUT2D eigenvalue weighted by molar-refractivity contribution is 5.38. The van der Waals surface area contributed by atoms with Gasteiger partial charge >= 0.3 is 0 Å². The summed E-state index contributed by atoms with van der Waals surface area (Å²) in [5.74, 6) is 2.36. The van der Waals surface area contributed by atoms with E-state index in [1.165, 1.54) is 38.5 Å². The Morgan fingerprint density at radius 1 is 0.491 bits per heavy atom. The summed E-state index contributed by atoms with van der Waals surface area (Å²) in [6, 6.07) is 0. The third-order valence-corrected chi connectivity index (χ3v) is 26.3. The van der Waals surface area contributed by atoms with E-state index < -0.39 is 22.4 Å². The second kappa shape index (κ2) is 11.1. The van der Waals surface area contributed by atoms with Crippen LogP contribution in [-0.4, -0.2) is 59.0 Å². The molecule has 2 heterocycles. The van der Waals surface area contributed by atoms with Crippen LogP contribution in [0.5, 0.6) is 0 Å². The van der Waals surface area contributed by atoms with E-state index in [0.29, 0.717) is 50.1 Å². The minimum absolute atomic E-state index is 0.0208. The molecule has 10 fully saturated rings. The maximum absolute atomic E-state index is 15.2. The second-order valence-electron chi connectivity index (χ2n) is 26.9. The molecule has 5 nitrogen and oxygen atoms in total. The molecular weight excluding hydrogens is 705 g/mol. The van der Waals surface area contributed by atoms with Crippen molar-refractivity contribution in [3.05, 3.63) is 0 Å². The first-order chi connectivity index (χ1) is 26.3. The van der Waals surface area contributed by atoms with Crippen LogP contribution in [0.3, 0.4) is 0 Å². The standard InChI is InChI=1S/C52H86O5/c1-15-47(29-55-30-47)51(37-25-33-17-21-43(37,11)39(33,3)4,49(53)27-35-19-23-45(49,13)41(35,7)8)57-52(48(16-2)31-56-32-48,38-26-34-18-22-44(38,12)40(34,5)6)50(54)28-36-20-24-46(50,14)42(36,9)10/h33-38,53-54H,15-32H2,1-14H3. The zero-order chi connectivity index (χ0) is 41.3. The Bertz CT molecular complexity index is 1570. The van der Waals surface area contributed by atoms with Gasteiger partial charge in [0, 0.05) is 21.7 Å². The lowest BCUT2D eigenvalue weighted by molar-refractivity contribution is -0.451. The van der Waals surface area contributed by atoms with Crippen molar-refractivity contribution in [3.8, 4) is 0 Å². The fourth-order valence-electron chi connectivity index (χ4n) is 20.3. The Balaban J connectivity index is 1.35. The van der Waals surface area contributed by atoms with Crippen LogP contribution in [0, 0.1) is 89.7 Å². The third kappa shape index (κ3) is 3.74. The number of hydrogen-bond acceptors (Lipinski definition) is 5. The summed E-state index contributed by atoms with van der Waals surface area (Å²) >= 11 is 0. The van der Waals surface area contributed by atoms with Crippen LogP contribution in [-0.2, 0) is 14.2 Å². The zero-order valence-corrected chi connectivity index (χ0v) is 39.3. The van der Waals surface area contributed by atoms with Crippen molar-refractivity contribution >= 4 is 0 Å². The molecule has 0 aromatic heterocycles. The third-order valence-electron chi connectivity index (χ3n) is 26.3. The number of ether oxygens (including phenoxy) is 3. The Labute approximate surface area is 348 Å². The molecule has 14 unspecified atom stereocenters. The van der Waals surface area contributed by atoms with E-state index in [0.717, 1.165) is 51.4 Å². The number of fused-ring (bicyclic) bond motifs is 8. The lowest BCUT2D eigenvalue weighted by Gasteiger charge is -2.76. The summed E-state index contributed by atoms with van der Waals surface area (Å²) in [5, 5.41) is 30.3. The van der Waals surface area contributed by atoms with Gasteiger partial charge < -0.3 is 24.4 Å². The Morgan fingerprint density at radius 2 is 0.825 bits per heavy atom. The van der Waals surface area contributed by atoms with Crippen LogP contribution in [0.15, 0.2) is 0 Å². The normalized spacial score (nSPS) is 54.1. The van der Waals surface area contributed by atoms with Gasteiger partial charge in [-0.05, 0) is 158 Å². The highest BCUT2D eigenvalue weighted by Gasteiger charge is 2.90. The van der Waals surface area contributed by atoms with Crippen molar-refractivity contribution in [2.45, 2.75) is 209 Å². The molecule has 2 N–H and O–H groups in total. The van der Waals surface area contributed by atoms with Gasteiger partial charge in [-0.3, -0.25) is 0 Å². The lowest BCUT2D eigenvalue weighted by atomic mass is 9.41. The predicted molar refractivity (Wildman–Crippen MR) is 227 cm³/mol. The summed E-state index contributed by atoms with van der Waals surface area (Å²) in [6.07, 6.45) is 14.9. The van der Waals surface area contributed by atoms with Gasteiger partial charge in [-0.1, -0.05) is 96.9 Å². The quantitative estimate of drug-likeness (QED) is 0.231. The lowest BCUT2D eigenvalue weighted by Crippen LogP contribution is -2.86. The summed E-state index contributed by atoms with van der Waals surface area (Å²) < 4.78 is 22.7. The largest absolute Gasteiger partial charge is 0.386 e. The predicted octanol–water partition coefficient (Wildman–Crippen LogP) is 11.4. The van der Waals surface area contributed by atoms with E-state index in [2.05, 4.69) is 96.9 Å². The van der Waals surface area contributed by atoms with E-state index in [4.69, 9.17) is 9.47 Å². The van der Waals surface area contributed by atoms with Crippen LogP contribution < -0.4 is 0 Å². The maximum atomic E-state index is 15.2. The monoisotopic (exact) mass is 791 g/mol. The van der Waals surface area contributed by atoms with Gasteiger partial charge in [0.1, 0.15) is 22.4 Å². The fourth-order valence-corrected chi connectivity index (χ4v) is 20.3. The SMILES string of the molecule is CCC1(C(OC(C2CC3CCC2(C)C3(C)C)(C2(CC)COC2)C2(O)CC3CCC2(C)C3(C)C)(C2CC3CCC2(C)C3(C)C)C2(O)CC3CCC2(C)C3(C)C)COC1. The molecule has 8 aliphatic carbocycles. The molecule has 10 rings (SSSR count). The van der Waals surface area contributed by atoms with Crippen molar-refractivity contribution in [3.63, 3.8) is 0 Å². The van der Waals surface area contributed by atoms with E-state index >= 15 is 10.2 Å². The second-order valence-corrected chi connectivity index (χ2v) is 26.9. The first-order valence-corrected chi connectivity index (χ1v) is 24.6. The number of rotatable bonds is 10. The molecule has 57 heavy (non-hydrogen) atoms. The number of aliphatic hydroxyl groups is 2. The summed E-state index contributed by atoms with van der Waals surface area (Å²) in [7, 11) is 0. The average Bonchev–Trinajstić information content (AvgIpc) is 3.83. The fraction of sp³-hybridized carbons (Fsp3) is 1.00. The van der Waals surface area contributed by atoms with E-state index in [1.807, 2.05) is 0 Å². The van der Waals surface area contributed by atoms with E-state index in [-0.39, 0.29) is 66.0 Å². The van der Waals surface area contributed by atoms with Crippen molar-refractivity contribution in [1.82, 2.24) is 0 Å². The van der Waals surface area contributed by atoms with Gasteiger partial charge in [0.15, 0.2) is 0 Å².